The number of hydrogen-bond donors (Lipinski definition) is 3. The number of anilines is 1. The average molecular weight is 250 g/mol. The summed E-state index contributed by atoms with van der Waals surface area (Å²) in [5.74, 6) is -1.03. The molecule has 0 aliphatic rings. The Labute approximate surface area is 106 Å². The lowest BCUT2D eigenvalue weighted by Gasteiger charge is -2.09. The minimum atomic E-state index is -0.917. The number of carboxylic acid groups (broad SMARTS) is 1. The molecule has 0 radical (unpaired) electrons. The second kappa shape index (κ2) is 7.45. The Morgan fingerprint density at radius 1 is 1.22 bits per heavy atom. The van der Waals surface area contributed by atoms with Crippen LogP contribution in [-0.4, -0.2) is 23.5 Å². The van der Waals surface area contributed by atoms with E-state index in [1.165, 1.54) is 0 Å². The van der Waals surface area contributed by atoms with Crippen molar-refractivity contribution in [1.29, 1.82) is 0 Å². The molecule has 0 bridgehead atoms. The molecule has 5 heteroatoms. The molecule has 0 aromatic heterocycles. The summed E-state index contributed by atoms with van der Waals surface area (Å²) in [6.07, 6.45) is 1.85. The summed E-state index contributed by atoms with van der Waals surface area (Å²) in [4.78, 5) is 22.3. The molecule has 0 aliphatic heterocycles. The number of aliphatic carboxylic acids is 1. The summed E-state index contributed by atoms with van der Waals surface area (Å²) in [7, 11) is 0. The number of benzene rings is 1. The Balaban J connectivity index is 2.60. The third-order valence-electron chi connectivity index (χ3n) is 2.49. The molecular formula is C13H18N2O3. The van der Waals surface area contributed by atoms with Crippen molar-refractivity contribution in [3.63, 3.8) is 0 Å². The van der Waals surface area contributed by atoms with Gasteiger partial charge >= 0.3 is 5.97 Å². The van der Waals surface area contributed by atoms with Crippen LogP contribution in [-0.2, 0) is 16.0 Å². The molecule has 0 saturated carbocycles. The van der Waals surface area contributed by atoms with Crippen molar-refractivity contribution < 1.29 is 14.7 Å². The van der Waals surface area contributed by atoms with Gasteiger partial charge in [0.25, 0.3) is 0 Å². The van der Waals surface area contributed by atoms with Crippen molar-refractivity contribution in [1.82, 2.24) is 0 Å². The third kappa shape index (κ3) is 4.97. The van der Waals surface area contributed by atoms with Gasteiger partial charge in [-0.1, -0.05) is 18.2 Å². The molecule has 0 aliphatic carbocycles. The highest BCUT2D eigenvalue weighted by Crippen LogP contribution is 2.16. The average Bonchev–Trinajstić information content (AvgIpc) is 2.31. The zero-order valence-corrected chi connectivity index (χ0v) is 10.2. The summed E-state index contributed by atoms with van der Waals surface area (Å²) in [6, 6.07) is 6.92. The van der Waals surface area contributed by atoms with Crippen LogP contribution >= 0.6 is 0 Å². The topological polar surface area (TPSA) is 92.4 Å². The van der Waals surface area contributed by atoms with Crippen molar-refractivity contribution in [2.75, 3.05) is 11.9 Å². The standard InChI is InChI=1S/C13H18N2O3/c14-8-4-3-7-12(16)15-11-6-2-1-5-10(11)9-13(17)18/h1-2,5-6H,3-4,7-9,14H2,(H,15,16)(H,17,18). The normalized spacial score (nSPS) is 10.1. The van der Waals surface area contributed by atoms with Gasteiger partial charge in [0.15, 0.2) is 0 Å². The molecule has 0 heterocycles. The maximum absolute atomic E-state index is 11.6. The minimum Gasteiger partial charge on any atom is -0.481 e. The van der Waals surface area contributed by atoms with Gasteiger partial charge in [-0.3, -0.25) is 9.59 Å². The summed E-state index contributed by atoms with van der Waals surface area (Å²) >= 11 is 0. The first-order valence-electron chi connectivity index (χ1n) is 5.93. The summed E-state index contributed by atoms with van der Waals surface area (Å²) in [6.45, 7) is 0.572. The fourth-order valence-electron chi connectivity index (χ4n) is 1.60. The van der Waals surface area contributed by atoms with Crippen molar-refractivity contribution in [3.05, 3.63) is 29.8 Å². The molecule has 0 atom stereocenters. The van der Waals surface area contributed by atoms with E-state index in [9.17, 15) is 9.59 Å². The Morgan fingerprint density at radius 2 is 1.94 bits per heavy atom. The van der Waals surface area contributed by atoms with E-state index < -0.39 is 5.97 Å². The van der Waals surface area contributed by atoms with E-state index in [2.05, 4.69) is 5.32 Å². The van der Waals surface area contributed by atoms with E-state index in [-0.39, 0.29) is 12.3 Å². The highest BCUT2D eigenvalue weighted by molar-refractivity contribution is 5.92. The first-order valence-corrected chi connectivity index (χ1v) is 5.93. The number of carbonyl (C=O) groups excluding carboxylic acids is 1. The van der Waals surface area contributed by atoms with Crippen LogP contribution in [0.4, 0.5) is 5.69 Å². The highest BCUT2D eigenvalue weighted by atomic mass is 16.4. The first-order chi connectivity index (χ1) is 8.63. The number of rotatable bonds is 7. The molecule has 1 aromatic rings. The van der Waals surface area contributed by atoms with E-state index in [1.54, 1.807) is 24.3 Å². The molecule has 0 unspecified atom stereocenters. The number of para-hydroxylation sites is 1. The predicted molar refractivity (Wildman–Crippen MR) is 69.3 cm³/mol. The van der Waals surface area contributed by atoms with Crippen molar-refractivity contribution >= 4 is 17.6 Å². The Morgan fingerprint density at radius 3 is 2.61 bits per heavy atom. The number of carboxylic acids is 1. The third-order valence-corrected chi connectivity index (χ3v) is 2.49. The van der Waals surface area contributed by atoms with E-state index >= 15 is 0 Å². The number of amides is 1. The molecule has 0 saturated heterocycles. The van der Waals surface area contributed by atoms with E-state index in [0.717, 1.165) is 12.8 Å². The van der Waals surface area contributed by atoms with Crippen LogP contribution in [0.1, 0.15) is 24.8 Å². The lowest BCUT2D eigenvalue weighted by atomic mass is 10.1. The largest absolute Gasteiger partial charge is 0.481 e. The van der Waals surface area contributed by atoms with Crippen molar-refractivity contribution in [2.45, 2.75) is 25.7 Å². The van der Waals surface area contributed by atoms with Gasteiger partial charge in [0, 0.05) is 12.1 Å². The van der Waals surface area contributed by atoms with Gasteiger partial charge in [-0.05, 0) is 31.0 Å². The smallest absolute Gasteiger partial charge is 0.307 e. The van der Waals surface area contributed by atoms with Gasteiger partial charge in [-0.15, -0.1) is 0 Å². The van der Waals surface area contributed by atoms with Crippen LogP contribution in [0.3, 0.4) is 0 Å². The Hall–Kier alpha value is -1.88. The second-order valence-electron chi connectivity index (χ2n) is 4.02. The quantitative estimate of drug-likeness (QED) is 0.637. The number of hydrogen-bond acceptors (Lipinski definition) is 3. The van der Waals surface area contributed by atoms with Gasteiger partial charge < -0.3 is 16.2 Å². The van der Waals surface area contributed by atoms with Gasteiger partial charge in [-0.25, -0.2) is 0 Å². The maximum Gasteiger partial charge on any atom is 0.307 e. The van der Waals surface area contributed by atoms with Crippen LogP contribution in [0.2, 0.25) is 0 Å². The van der Waals surface area contributed by atoms with E-state index in [1.807, 2.05) is 0 Å². The van der Waals surface area contributed by atoms with Gasteiger partial charge in [-0.2, -0.15) is 0 Å². The zero-order valence-electron chi connectivity index (χ0n) is 10.2. The molecule has 1 aromatic carbocycles. The fourth-order valence-corrected chi connectivity index (χ4v) is 1.60. The zero-order chi connectivity index (χ0) is 13.4. The highest BCUT2D eigenvalue weighted by Gasteiger charge is 2.08. The SMILES string of the molecule is NCCCCC(=O)Nc1ccccc1CC(=O)O. The van der Waals surface area contributed by atoms with Gasteiger partial charge in [0.1, 0.15) is 0 Å². The van der Waals surface area contributed by atoms with E-state index in [4.69, 9.17) is 10.8 Å². The fraction of sp³-hybridized carbons (Fsp3) is 0.385. The monoisotopic (exact) mass is 250 g/mol. The van der Waals surface area contributed by atoms with Crippen molar-refractivity contribution in [2.24, 2.45) is 5.73 Å². The number of nitrogens with one attached hydrogen (secondary N) is 1. The van der Waals surface area contributed by atoms with E-state index in [0.29, 0.717) is 24.2 Å². The first kappa shape index (κ1) is 14.2. The summed E-state index contributed by atoms with van der Waals surface area (Å²) in [5, 5.41) is 11.5. The molecular weight excluding hydrogens is 232 g/mol. The summed E-state index contributed by atoms with van der Waals surface area (Å²) in [5.41, 5.74) is 6.53. The molecule has 0 fully saturated rings. The van der Waals surface area contributed by atoms with Crippen molar-refractivity contribution in [3.8, 4) is 0 Å². The molecule has 1 amide bonds. The van der Waals surface area contributed by atoms with Crippen LogP contribution in [0.15, 0.2) is 24.3 Å². The molecule has 0 spiro atoms. The van der Waals surface area contributed by atoms with Gasteiger partial charge in [0.05, 0.1) is 6.42 Å². The summed E-state index contributed by atoms with van der Waals surface area (Å²) < 4.78 is 0. The van der Waals surface area contributed by atoms with Crippen LogP contribution in [0.5, 0.6) is 0 Å². The maximum atomic E-state index is 11.6. The second-order valence-corrected chi connectivity index (χ2v) is 4.02. The van der Waals surface area contributed by atoms with Crippen LogP contribution < -0.4 is 11.1 Å². The lowest BCUT2D eigenvalue weighted by Crippen LogP contribution is -2.14. The molecule has 18 heavy (non-hydrogen) atoms. The van der Waals surface area contributed by atoms with Crippen LogP contribution in [0.25, 0.3) is 0 Å². The minimum absolute atomic E-state index is 0.0980. The lowest BCUT2D eigenvalue weighted by molar-refractivity contribution is -0.136. The molecule has 5 nitrogen and oxygen atoms in total. The number of nitrogens with two attached hydrogens (primary N) is 1. The Bertz CT molecular complexity index is 418. The van der Waals surface area contributed by atoms with Gasteiger partial charge in [0.2, 0.25) is 5.91 Å². The Kier molecular flexibility index (Phi) is 5.87. The predicted octanol–water partition coefficient (Wildman–Crippen LogP) is 1.38. The van der Waals surface area contributed by atoms with Crippen LogP contribution in [0, 0.1) is 0 Å². The molecule has 1 rings (SSSR count). The number of unbranched alkanes of at least 4 members (excludes halogenated alkanes) is 1. The number of carbonyl (C=O) groups is 2. The molecule has 98 valence electrons. The molecule has 4 N–H and O–H groups in total.